The largest absolute Gasteiger partial charge is 0.477 e. The molecule has 2 saturated heterocycles. The standard InChI is InChI=1S/C18H17N7O5S5/c19-17-21-9(5-33-17)10(24-30-8-3-31-4-8)13(26)22-11-14(27)25-12(16(28)29)7(1-32-15(11)25)2-34-18-23-20-6-35-18/h5-6,8,11,15H,1-4H2,(H2,19,21)(H,22,26)(H,28,29)/t11?,15-/m1/s1. The van der Waals surface area contributed by atoms with Crippen LogP contribution in [0.5, 0.6) is 0 Å². The van der Waals surface area contributed by atoms with Gasteiger partial charge in [0.25, 0.3) is 11.8 Å². The van der Waals surface area contributed by atoms with Gasteiger partial charge < -0.3 is 21.0 Å². The number of nitrogens with one attached hydrogen (secondary N) is 1. The summed E-state index contributed by atoms with van der Waals surface area (Å²) in [6.45, 7) is 0. The Morgan fingerprint density at radius 2 is 2.20 bits per heavy atom. The Kier molecular flexibility index (Phi) is 7.19. The molecule has 0 aromatic carbocycles. The average Bonchev–Trinajstić information content (AvgIpc) is 3.48. The number of fused-ring (bicyclic) bond motifs is 1. The van der Waals surface area contributed by atoms with Crippen LogP contribution in [0.3, 0.4) is 0 Å². The van der Waals surface area contributed by atoms with Crippen molar-refractivity contribution in [1.82, 2.24) is 25.4 Å². The van der Waals surface area contributed by atoms with Crippen LogP contribution in [0, 0.1) is 0 Å². The molecule has 5 rings (SSSR count). The fourth-order valence-electron chi connectivity index (χ4n) is 3.38. The third-order valence-electron chi connectivity index (χ3n) is 5.13. The Bertz CT molecular complexity index is 1210. The Labute approximate surface area is 219 Å². The van der Waals surface area contributed by atoms with Crippen molar-refractivity contribution in [3.63, 3.8) is 0 Å². The summed E-state index contributed by atoms with van der Waals surface area (Å²) in [5, 5.41) is 25.5. The van der Waals surface area contributed by atoms with Crippen LogP contribution in [0.2, 0.25) is 0 Å². The minimum Gasteiger partial charge on any atom is -0.477 e. The van der Waals surface area contributed by atoms with E-state index >= 15 is 0 Å². The molecule has 35 heavy (non-hydrogen) atoms. The number of anilines is 1. The minimum absolute atomic E-state index is 0.0479. The van der Waals surface area contributed by atoms with Crippen LogP contribution < -0.4 is 11.1 Å². The Morgan fingerprint density at radius 3 is 2.83 bits per heavy atom. The third kappa shape index (κ3) is 5.00. The van der Waals surface area contributed by atoms with E-state index in [2.05, 4.69) is 25.7 Å². The number of carbonyl (C=O) groups is 3. The number of carbonyl (C=O) groups excluding carboxylic acids is 2. The molecule has 5 heterocycles. The topological polar surface area (TPSA) is 173 Å². The molecule has 3 aliphatic rings. The summed E-state index contributed by atoms with van der Waals surface area (Å²) in [6, 6.07) is -0.903. The van der Waals surface area contributed by atoms with E-state index in [0.717, 1.165) is 22.8 Å². The number of carboxylic acid groups (broad SMARTS) is 1. The van der Waals surface area contributed by atoms with Gasteiger partial charge in [-0.3, -0.25) is 14.5 Å². The molecule has 2 aromatic heterocycles. The van der Waals surface area contributed by atoms with Crippen molar-refractivity contribution in [2.75, 3.05) is 28.7 Å². The molecule has 17 heteroatoms. The summed E-state index contributed by atoms with van der Waals surface area (Å²) in [6.07, 6.45) is -0.0896. The number of hydrogen-bond acceptors (Lipinski definition) is 14. The molecule has 3 aliphatic heterocycles. The summed E-state index contributed by atoms with van der Waals surface area (Å²) in [7, 11) is 0. The predicted molar refractivity (Wildman–Crippen MR) is 136 cm³/mol. The molecular formula is C18H17N7O5S5. The van der Waals surface area contributed by atoms with E-state index in [-0.39, 0.29) is 28.3 Å². The second-order valence-corrected chi connectivity index (χ2v) is 12.5. The zero-order valence-corrected chi connectivity index (χ0v) is 21.7. The summed E-state index contributed by atoms with van der Waals surface area (Å²) in [5.41, 5.74) is 8.05. The lowest BCUT2D eigenvalue weighted by atomic mass is 10.0. The van der Waals surface area contributed by atoms with Crippen molar-refractivity contribution in [3.8, 4) is 0 Å². The molecule has 0 aliphatic carbocycles. The van der Waals surface area contributed by atoms with Crippen LogP contribution in [0.25, 0.3) is 0 Å². The molecule has 0 radical (unpaired) electrons. The van der Waals surface area contributed by atoms with Gasteiger partial charge in [0.2, 0.25) is 0 Å². The Morgan fingerprint density at radius 1 is 1.37 bits per heavy atom. The number of aromatic nitrogens is 3. The van der Waals surface area contributed by atoms with Crippen molar-refractivity contribution in [1.29, 1.82) is 0 Å². The fourth-order valence-corrected chi connectivity index (χ4v) is 7.45. The first kappa shape index (κ1) is 24.4. The van der Waals surface area contributed by atoms with Gasteiger partial charge in [0.05, 0.1) is 0 Å². The van der Waals surface area contributed by atoms with Crippen LogP contribution in [0.15, 0.2) is 31.7 Å². The maximum atomic E-state index is 13.1. The molecule has 0 saturated carbocycles. The lowest BCUT2D eigenvalue weighted by Crippen LogP contribution is -2.71. The number of nitrogens with two attached hydrogens (primary N) is 1. The number of thioether (sulfide) groups is 3. The SMILES string of the molecule is Nc1nc(C(=NOC2CSC2)C(=O)NC2C(=O)N3C(C(=O)O)=C(CSc4nncs4)CS[C@H]23)cs1. The van der Waals surface area contributed by atoms with Crippen molar-refractivity contribution < 1.29 is 24.3 Å². The number of rotatable bonds is 9. The molecule has 2 fully saturated rings. The molecule has 2 aromatic rings. The highest BCUT2D eigenvalue weighted by molar-refractivity contribution is 8.02. The second-order valence-electron chi connectivity index (χ2n) is 7.39. The highest BCUT2D eigenvalue weighted by Crippen LogP contribution is 2.41. The van der Waals surface area contributed by atoms with Crippen LogP contribution in [0.1, 0.15) is 5.69 Å². The number of amides is 2. The van der Waals surface area contributed by atoms with Crippen molar-refractivity contribution in [2.45, 2.75) is 21.9 Å². The first-order chi connectivity index (χ1) is 16.9. The van der Waals surface area contributed by atoms with Gasteiger partial charge in [-0.2, -0.15) is 11.8 Å². The van der Waals surface area contributed by atoms with Gasteiger partial charge in [-0.05, 0) is 5.57 Å². The number of β-lactam (4-membered cyclic amide) rings is 1. The zero-order chi connectivity index (χ0) is 24.5. The molecule has 184 valence electrons. The molecule has 4 N–H and O–H groups in total. The number of thiazole rings is 1. The number of nitrogens with zero attached hydrogens (tertiary/aromatic N) is 5. The van der Waals surface area contributed by atoms with E-state index in [0.29, 0.717) is 21.4 Å². The van der Waals surface area contributed by atoms with Crippen LogP contribution in [-0.2, 0) is 19.2 Å². The summed E-state index contributed by atoms with van der Waals surface area (Å²) >= 11 is 6.98. The highest BCUT2D eigenvalue weighted by Gasteiger charge is 2.54. The summed E-state index contributed by atoms with van der Waals surface area (Å²) in [5.74, 6) is -0.00383. The lowest BCUT2D eigenvalue weighted by molar-refractivity contribution is -0.150. The normalized spacial score (nSPS) is 22.3. The Hall–Kier alpha value is -2.34. The van der Waals surface area contributed by atoms with Gasteiger partial charge in [-0.15, -0.1) is 33.3 Å². The smallest absolute Gasteiger partial charge is 0.352 e. The average molecular weight is 572 g/mol. The lowest BCUT2D eigenvalue weighted by Gasteiger charge is -2.49. The van der Waals surface area contributed by atoms with Gasteiger partial charge in [-0.25, -0.2) is 9.78 Å². The van der Waals surface area contributed by atoms with Gasteiger partial charge in [-0.1, -0.05) is 28.3 Å². The van der Waals surface area contributed by atoms with Crippen LogP contribution >= 0.6 is 58.0 Å². The monoisotopic (exact) mass is 571 g/mol. The molecule has 2 atom stereocenters. The number of nitrogen functional groups attached to an aromatic ring is 1. The van der Waals surface area contributed by atoms with E-state index in [1.165, 1.54) is 39.8 Å². The van der Waals surface area contributed by atoms with Crippen LogP contribution in [0.4, 0.5) is 5.13 Å². The summed E-state index contributed by atoms with van der Waals surface area (Å²) in [4.78, 5) is 48.9. The maximum Gasteiger partial charge on any atom is 0.352 e. The van der Waals surface area contributed by atoms with Gasteiger partial charge >= 0.3 is 5.97 Å². The van der Waals surface area contributed by atoms with E-state index in [1.807, 2.05) is 0 Å². The van der Waals surface area contributed by atoms with Gasteiger partial charge in [0, 0.05) is 28.4 Å². The zero-order valence-electron chi connectivity index (χ0n) is 17.7. The first-order valence-corrected chi connectivity index (χ1v) is 15.0. The second kappa shape index (κ2) is 10.3. The van der Waals surface area contributed by atoms with Crippen molar-refractivity contribution in [2.24, 2.45) is 5.16 Å². The molecule has 12 nitrogen and oxygen atoms in total. The minimum atomic E-state index is -1.19. The predicted octanol–water partition coefficient (Wildman–Crippen LogP) is 0.944. The van der Waals surface area contributed by atoms with E-state index < -0.39 is 29.2 Å². The Balaban J connectivity index is 1.30. The summed E-state index contributed by atoms with van der Waals surface area (Å²) < 4.78 is 0.714. The molecular weight excluding hydrogens is 555 g/mol. The van der Waals surface area contributed by atoms with E-state index in [1.54, 1.807) is 22.7 Å². The number of carboxylic acids is 1. The molecule has 0 spiro atoms. The molecule has 0 bridgehead atoms. The molecule has 1 unspecified atom stereocenters. The number of oxime groups is 1. The van der Waals surface area contributed by atoms with E-state index in [9.17, 15) is 19.5 Å². The van der Waals surface area contributed by atoms with Gasteiger partial charge in [0.15, 0.2) is 15.2 Å². The van der Waals surface area contributed by atoms with Gasteiger partial charge in [0.1, 0.15) is 34.4 Å². The first-order valence-electron chi connectivity index (χ1n) is 10.0. The quantitative estimate of drug-likeness (QED) is 0.169. The van der Waals surface area contributed by atoms with Crippen LogP contribution in [-0.4, -0.2) is 89.2 Å². The highest BCUT2D eigenvalue weighted by atomic mass is 32.2. The number of hydrogen-bond donors (Lipinski definition) is 3. The number of aliphatic carboxylic acids is 1. The maximum absolute atomic E-state index is 13.1. The molecule has 2 amide bonds. The van der Waals surface area contributed by atoms with Crippen molar-refractivity contribution in [3.05, 3.63) is 27.9 Å². The third-order valence-corrected chi connectivity index (χ3v) is 10.3. The fraction of sp³-hybridized carbons (Fsp3) is 0.389. The van der Waals surface area contributed by atoms with E-state index in [4.69, 9.17) is 10.6 Å². The van der Waals surface area contributed by atoms with Crippen molar-refractivity contribution >= 4 is 86.6 Å².